The average Bonchev–Trinajstić information content (AvgIpc) is 3.15. The number of hydrogen-bond donors (Lipinski definition) is 2. The van der Waals surface area contributed by atoms with E-state index >= 15 is 0 Å². The first-order chi connectivity index (χ1) is 11.2. The molecule has 6 nitrogen and oxygen atoms in total. The Morgan fingerprint density at radius 1 is 1.40 bits per heavy atom. The van der Waals surface area contributed by atoms with Crippen molar-refractivity contribution in [1.29, 1.82) is 0 Å². The molecule has 1 aromatic rings. The lowest BCUT2D eigenvalue weighted by Crippen LogP contribution is -2.39. The zero-order valence-electron chi connectivity index (χ0n) is 14.9. The molecule has 1 aromatic heterocycles. The van der Waals surface area contributed by atoms with Crippen LogP contribution in [0, 0.1) is 5.41 Å². The molecule has 1 unspecified atom stereocenters. The van der Waals surface area contributed by atoms with Crippen molar-refractivity contribution in [2.75, 3.05) is 19.6 Å². The highest BCUT2D eigenvalue weighted by Crippen LogP contribution is 2.30. The van der Waals surface area contributed by atoms with E-state index in [9.17, 15) is 13.2 Å². The first-order valence-corrected chi connectivity index (χ1v) is 10.5. The minimum atomic E-state index is -3.46. The van der Waals surface area contributed by atoms with Crippen molar-refractivity contribution in [3.05, 3.63) is 17.0 Å². The van der Waals surface area contributed by atoms with Gasteiger partial charge in [0.25, 0.3) is 10.0 Å². The molecule has 0 radical (unpaired) electrons. The molecule has 1 aliphatic heterocycles. The summed E-state index contributed by atoms with van der Waals surface area (Å²) in [5, 5.41) is 2.88. The average molecular weight is 410 g/mol. The van der Waals surface area contributed by atoms with Crippen molar-refractivity contribution < 1.29 is 13.2 Å². The smallest absolute Gasteiger partial charge is 0.252 e. The van der Waals surface area contributed by atoms with E-state index in [1.54, 1.807) is 6.07 Å². The second-order valence-corrected chi connectivity index (χ2v) is 10.4. The lowest BCUT2D eigenvalue weighted by Gasteiger charge is -2.21. The molecule has 1 saturated heterocycles. The summed E-state index contributed by atoms with van der Waals surface area (Å²) in [5.41, 5.74) is 5.27. The first-order valence-electron chi connectivity index (χ1n) is 8.25. The largest absolute Gasteiger partial charge is 0.355 e. The summed E-state index contributed by atoms with van der Waals surface area (Å²) in [6.45, 7) is 6.99. The van der Waals surface area contributed by atoms with Crippen molar-refractivity contribution in [2.45, 2.75) is 50.3 Å². The van der Waals surface area contributed by atoms with Crippen LogP contribution in [0.5, 0.6) is 0 Å². The molecule has 0 aliphatic carbocycles. The molecule has 25 heavy (non-hydrogen) atoms. The molecule has 1 atom stereocenters. The summed E-state index contributed by atoms with van der Waals surface area (Å²) in [6, 6.07) is 3.40. The highest BCUT2D eigenvalue weighted by atomic mass is 35.5. The quantitative estimate of drug-likeness (QED) is 0.751. The number of carbonyl (C=O) groups excluding carboxylic acids is 1. The van der Waals surface area contributed by atoms with E-state index in [4.69, 9.17) is 5.73 Å². The van der Waals surface area contributed by atoms with Gasteiger partial charge in [0.15, 0.2) is 0 Å². The Kier molecular flexibility index (Phi) is 7.89. The molecule has 3 N–H and O–H groups in total. The summed E-state index contributed by atoms with van der Waals surface area (Å²) >= 11 is 1.28. The zero-order valence-corrected chi connectivity index (χ0v) is 17.4. The number of sulfonamides is 1. The van der Waals surface area contributed by atoms with E-state index < -0.39 is 15.4 Å². The lowest BCUT2D eigenvalue weighted by atomic mass is 9.96. The fourth-order valence-electron chi connectivity index (χ4n) is 2.67. The molecule has 2 heterocycles. The predicted octanol–water partition coefficient (Wildman–Crippen LogP) is 1.99. The highest BCUT2D eigenvalue weighted by Gasteiger charge is 2.35. The molecule has 0 bridgehead atoms. The molecule has 2 rings (SSSR count). The Balaban J connectivity index is 0.00000312. The van der Waals surface area contributed by atoms with Gasteiger partial charge >= 0.3 is 0 Å². The molecule has 1 fully saturated rings. The van der Waals surface area contributed by atoms with Gasteiger partial charge in [0, 0.05) is 36.0 Å². The van der Waals surface area contributed by atoms with Crippen LogP contribution in [0.2, 0.25) is 0 Å². The molecule has 1 amide bonds. The Morgan fingerprint density at radius 3 is 2.68 bits per heavy atom. The molecular formula is C16H28ClN3O3S2. The van der Waals surface area contributed by atoms with Gasteiger partial charge in [0.2, 0.25) is 5.91 Å². The third-order valence-corrected chi connectivity index (χ3v) is 7.70. The second kappa shape index (κ2) is 8.81. The molecule has 144 valence electrons. The molecule has 0 aromatic carbocycles. The summed E-state index contributed by atoms with van der Waals surface area (Å²) in [4.78, 5) is 12.8. The van der Waals surface area contributed by atoms with Gasteiger partial charge < -0.3 is 11.1 Å². The minimum Gasteiger partial charge on any atom is -0.355 e. The van der Waals surface area contributed by atoms with Gasteiger partial charge in [-0.25, -0.2) is 8.42 Å². The fraction of sp³-hybridized carbons (Fsp3) is 0.688. The maximum Gasteiger partial charge on any atom is 0.252 e. The van der Waals surface area contributed by atoms with Crippen LogP contribution in [0.1, 0.15) is 38.5 Å². The predicted molar refractivity (Wildman–Crippen MR) is 104 cm³/mol. The van der Waals surface area contributed by atoms with Gasteiger partial charge in [-0.3, -0.25) is 4.79 Å². The van der Waals surface area contributed by atoms with Crippen LogP contribution < -0.4 is 11.1 Å². The van der Waals surface area contributed by atoms with E-state index in [2.05, 4.69) is 5.32 Å². The number of thiophene rings is 1. The molecular weight excluding hydrogens is 382 g/mol. The SMILES string of the molecule is CC(C)(C)C(=O)NCCc1ccc(S(=O)(=O)N2CCCC2CN)s1.Cl. The zero-order chi connectivity index (χ0) is 18.0. The summed E-state index contributed by atoms with van der Waals surface area (Å²) in [5.74, 6) is -0.00486. The number of amides is 1. The molecule has 0 saturated carbocycles. The van der Waals surface area contributed by atoms with E-state index in [1.165, 1.54) is 15.6 Å². The third kappa shape index (κ3) is 5.40. The van der Waals surface area contributed by atoms with Crippen LogP contribution in [0.3, 0.4) is 0 Å². The number of carbonyl (C=O) groups is 1. The molecule has 9 heteroatoms. The Morgan fingerprint density at radius 2 is 2.08 bits per heavy atom. The molecule has 1 aliphatic rings. The van der Waals surface area contributed by atoms with Crippen molar-refractivity contribution in [3.8, 4) is 0 Å². The second-order valence-electron chi connectivity index (χ2n) is 7.12. The van der Waals surface area contributed by atoms with Crippen LogP contribution in [-0.4, -0.2) is 44.3 Å². The monoisotopic (exact) mass is 409 g/mol. The number of hydrogen-bond acceptors (Lipinski definition) is 5. The normalized spacial score (nSPS) is 18.8. The van der Waals surface area contributed by atoms with Gasteiger partial charge in [-0.15, -0.1) is 23.7 Å². The van der Waals surface area contributed by atoms with E-state index in [0.29, 0.717) is 30.3 Å². The Bertz CT molecular complexity index is 683. The highest BCUT2D eigenvalue weighted by molar-refractivity contribution is 7.91. The maximum atomic E-state index is 12.7. The van der Waals surface area contributed by atoms with E-state index in [1.807, 2.05) is 26.8 Å². The number of halogens is 1. The Hall–Kier alpha value is -0.670. The van der Waals surface area contributed by atoms with Crippen LogP contribution in [0.25, 0.3) is 0 Å². The van der Waals surface area contributed by atoms with Crippen molar-refractivity contribution in [3.63, 3.8) is 0 Å². The van der Waals surface area contributed by atoms with Gasteiger partial charge in [0.05, 0.1) is 0 Å². The summed E-state index contributed by atoms with van der Waals surface area (Å²) < 4.78 is 27.4. The van der Waals surface area contributed by atoms with Gasteiger partial charge in [-0.2, -0.15) is 4.31 Å². The number of rotatable bonds is 6. The fourth-order valence-corrected chi connectivity index (χ4v) is 5.86. The van der Waals surface area contributed by atoms with Crippen LogP contribution in [-0.2, 0) is 21.2 Å². The van der Waals surface area contributed by atoms with Crippen LogP contribution in [0.4, 0.5) is 0 Å². The van der Waals surface area contributed by atoms with Gasteiger partial charge in [-0.05, 0) is 31.4 Å². The van der Waals surface area contributed by atoms with Crippen molar-refractivity contribution in [2.24, 2.45) is 11.1 Å². The Labute approximate surface area is 160 Å². The maximum absolute atomic E-state index is 12.7. The number of nitrogens with zero attached hydrogens (tertiary/aromatic N) is 1. The number of nitrogens with two attached hydrogens (primary N) is 1. The van der Waals surface area contributed by atoms with Crippen molar-refractivity contribution in [1.82, 2.24) is 9.62 Å². The third-order valence-electron chi connectivity index (χ3n) is 4.13. The van der Waals surface area contributed by atoms with E-state index in [0.717, 1.165) is 17.7 Å². The topological polar surface area (TPSA) is 92.5 Å². The summed E-state index contributed by atoms with van der Waals surface area (Å²) in [7, 11) is -3.46. The first kappa shape index (κ1) is 22.4. The molecule has 0 spiro atoms. The standard InChI is InChI=1S/C16H27N3O3S2.ClH/c1-16(2,3)15(20)18-9-8-13-6-7-14(23-13)24(21,22)19-10-4-5-12(19)11-17;/h6-7,12H,4-5,8-11,17H2,1-3H3,(H,18,20);1H. The minimum absolute atomic E-state index is 0. The van der Waals surface area contributed by atoms with Gasteiger partial charge in [-0.1, -0.05) is 20.8 Å². The summed E-state index contributed by atoms with van der Waals surface area (Å²) in [6.07, 6.45) is 2.31. The number of nitrogens with one attached hydrogen (secondary N) is 1. The van der Waals surface area contributed by atoms with Crippen molar-refractivity contribution >= 4 is 39.7 Å². The van der Waals surface area contributed by atoms with E-state index in [-0.39, 0.29) is 24.4 Å². The van der Waals surface area contributed by atoms with Crippen LogP contribution in [0.15, 0.2) is 16.3 Å². The van der Waals surface area contributed by atoms with Crippen LogP contribution >= 0.6 is 23.7 Å². The lowest BCUT2D eigenvalue weighted by molar-refractivity contribution is -0.128. The van der Waals surface area contributed by atoms with Gasteiger partial charge in [0.1, 0.15) is 4.21 Å².